The van der Waals surface area contributed by atoms with E-state index in [1.165, 1.54) is 6.07 Å². The second-order valence-electron chi connectivity index (χ2n) is 8.63. The van der Waals surface area contributed by atoms with Gasteiger partial charge in [0.1, 0.15) is 5.54 Å². The summed E-state index contributed by atoms with van der Waals surface area (Å²) in [6, 6.07) is 6.24. The van der Waals surface area contributed by atoms with Crippen molar-refractivity contribution in [3.8, 4) is 6.07 Å². The molecule has 0 bridgehead atoms. The Hall–Kier alpha value is -2.56. The zero-order valence-corrected chi connectivity index (χ0v) is 16.6. The van der Waals surface area contributed by atoms with Gasteiger partial charge in [-0.2, -0.15) is 18.4 Å². The molecular weight excluding hydrogens is 395 g/mol. The van der Waals surface area contributed by atoms with Crippen molar-refractivity contribution in [3.05, 3.63) is 34.9 Å². The van der Waals surface area contributed by atoms with Gasteiger partial charge in [0.05, 0.1) is 11.6 Å². The van der Waals surface area contributed by atoms with Crippen LogP contribution in [0.5, 0.6) is 0 Å². The quantitative estimate of drug-likeness (QED) is 0.814. The van der Waals surface area contributed by atoms with E-state index in [0.29, 0.717) is 31.2 Å². The van der Waals surface area contributed by atoms with Gasteiger partial charge in [0.25, 0.3) is 0 Å². The van der Waals surface area contributed by atoms with Crippen LogP contribution in [-0.2, 0) is 28.7 Å². The number of hydrogen-bond donors (Lipinski definition) is 1. The number of halogens is 3. The van der Waals surface area contributed by atoms with Gasteiger partial charge in [0.2, 0.25) is 11.8 Å². The SMILES string of the molecule is N#CC1(NC(=O)[C@@H]2CCCC[C@H]2C(=O)N2CCc3c(cccc3C(F)(F)F)C2)CC1. The van der Waals surface area contributed by atoms with E-state index >= 15 is 0 Å². The molecule has 2 atom stereocenters. The second kappa shape index (κ2) is 7.60. The number of alkyl halides is 3. The third kappa shape index (κ3) is 3.90. The van der Waals surface area contributed by atoms with Crippen LogP contribution in [0.2, 0.25) is 0 Å². The van der Waals surface area contributed by atoms with Crippen molar-refractivity contribution in [1.29, 1.82) is 5.26 Å². The molecule has 2 aliphatic carbocycles. The maximum Gasteiger partial charge on any atom is 0.416 e. The molecular formula is C22H24F3N3O2. The van der Waals surface area contributed by atoms with E-state index in [9.17, 15) is 28.0 Å². The van der Waals surface area contributed by atoms with E-state index in [4.69, 9.17) is 0 Å². The third-order valence-corrected chi connectivity index (χ3v) is 6.63. The van der Waals surface area contributed by atoms with Gasteiger partial charge in [-0.25, -0.2) is 0 Å². The van der Waals surface area contributed by atoms with Crippen LogP contribution in [-0.4, -0.2) is 28.8 Å². The summed E-state index contributed by atoms with van der Waals surface area (Å²) in [5.74, 6) is -1.39. The summed E-state index contributed by atoms with van der Waals surface area (Å²) < 4.78 is 39.9. The zero-order valence-electron chi connectivity index (χ0n) is 16.6. The number of nitrogens with one attached hydrogen (secondary N) is 1. The predicted molar refractivity (Wildman–Crippen MR) is 102 cm³/mol. The molecule has 1 N–H and O–H groups in total. The van der Waals surface area contributed by atoms with Gasteiger partial charge in [-0.3, -0.25) is 9.59 Å². The first-order valence-electron chi connectivity index (χ1n) is 10.4. The molecule has 3 aliphatic rings. The lowest BCUT2D eigenvalue weighted by Gasteiger charge is -2.37. The highest BCUT2D eigenvalue weighted by Gasteiger charge is 2.47. The van der Waals surface area contributed by atoms with E-state index in [1.54, 1.807) is 11.0 Å². The lowest BCUT2D eigenvalue weighted by molar-refractivity contribution is -0.145. The summed E-state index contributed by atoms with van der Waals surface area (Å²) in [6.45, 7) is 0.344. The first-order chi connectivity index (χ1) is 14.2. The minimum absolute atomic E-state index is 0.130. The molecule has 2 fully saturated rings. The molecule has 5 nitrogen and oxygen atoms in total. The van der Waals surface area contributed by atoms with E-state index in [1.807, 2.05) is 0 Å². The highest BCUT2D eigenvalue weighted by atomic mass is 19.4. The monoisotopic (exact) mass is 419 g/mol. The van der Waals surface area contributed by atoms with Crippen molar-refractivity contribution < 1.29 is 22.8 Å². The Bertz CT molecular complexity index is 902. The number of fused-ring (bicyclic) bond motifs is 1. The molecule has 2 saturated carbocycles. The Morgan fingerprint density at radius 3 is 2.50 bits per heavy atom. The Kier molecular flexibility index (Phi) is 5.25. The fraction of sp³-hybridized carbons (Fsp3) is 0.591. The Balaban J connectivity index is 1.50. The van der Waals surface area contributed by atoms with E-state index in [2.05, 4.69) is 11.4 Å². The third-order valence-electron chi connectivity index (χ3n) is 6.63. The molecule has 1 aliphatic heterocycles. The molecule has 160 valence electrons. The maximum atomic E-state index is 13.3. The van der Waals surface area contributed by atoms with Gasteiger partial charge in [0.15, 0.2) is 0 Å². The molecule has 4 rings (SSSR count). The van der Waals surface area contributed by atoms with Gasteiger partial charge < -0.3 is 10.2 Å². The van der Waals surface area contributed by atoms with Gasteiger partial charge in [-0.1, -0.05) is 25.0 Å². The summed E-state index contributed by atoms with van der Waals surface area (Å²) in [5, 5.41) is 12.1. The van der Waals surface area contributed by atoms with Gasteiger partial charge in [0, 0.05) is 24.9 Å². The minimum atomic E-state index is -4.41. The van der Waals surface area contributed by atoms with Crippen LogP contribution in [0, 0.1) is 23.2 Å². The van der Waals surface area contributed by atoms with Crippen molar-refractivity contribution in [1.82, 2.24) is 10.2 Å². The van der Waals surface area contributed by atoms with Crippen molar-refractivity contribution in [2.24, 2.45) is 11.8 Å². The molecule has 1 aromatic rings. The number of benzene rings is 1. The van der Waals surface area contributed by atoms with Crippen LogP contribution in [0.25, 0.3) is 0 Å². The molecule has 0 spiro atoms. The molecule has 0 aromatic heterocycles. The summed E-state index contributed by atoms with van der Waals surface area (Å²) in [7, 11) is 0. The van der Waals surface area contributed by atoms with E-state index in [-0.39, 0.29) is 36.9 Å². The highest BCUT2D eigenvalue weighted by molar-refractivity contribution is 5.89. The lowest BCUT2D eigenvalue weighted by atomic mass is 9.77. The van der Waals surface area contributed by atoms with E-state index < -0.39 is 29.1 Å². The summed E-state index contributed by atoms with van der Waals surface area (Å²) in [4.78, 5) is 27.7. The number of rotatable bonds is 3. The predicted octanol–water partition coefficient (Wildman–Crippen LogP) is 3.57. The van der Waals surface area contributed by atoms with E-state index in [0.717, 1.165) is 18.9 Å². The second-order valence-corrected chi connectivity index (χ2v) is 8.63. The van der Waals surface area contributed by atoms with Crippen LogP contribution < -0.4 is 5.32 Å². The molecule has 30 heavy (non-hydrogen) atoms. The van der Waals surface area contributed by atoms with Crippen LogP contribution in [0.15, 0.2) is 18.2 Å². The highest BCUT2D eigenvalue weighted by Crippen LogP contribution is 2.39. The lowest BCUT2D eigenvalue weighted by Crippen LogP contribution is -2.49. The van der Waals surface area contributed by atoms with Crippen LogP contribution in [0.3, 0.4) is 0 Å². The Morgan fingerprint density at radius 1 is 1.17 bits per heavy atom. The largest absolute Gasteiger partial charge is 0.416 e. The molecule has 0 radical (unpaired) electrons. The number of nitriles is 1. The number of carbonyl (C=O) groups excluding carboxylic acids is 2. The molecule has 0 saturated heterocycles. The molecule has 0 unspecified atom stereocenters. The molecule has 8 heteroatoms. The Morgan fingerprint density at radius 2 is 1.87 bits per heavy atom. The standard InChI is InChI=1S/C22H24F3N3O2/c23-22(24,25)18-7-3-4-14-12-28(11-8-15(14)18)20(30)17-6-2-1-5-16(17)19(29)27-21(13-26)9-10-21/h3-4,7,16-17H,1-2,5-6,8-12H2,(H,27,29)/t16-,17-/m1/s1. The minimum Gasteiger partial charge on any atom is -0.338 e. The van der Waals surface area contributed by atoms with Crippen LogP contribution >= 0.6 is 0 Å². The summed E-state index contributed by atoms with van der Waals surface area (Å²) in [5.41, 5.74) is -0.632. The zero-order chi connectivity index (χ0) is 21.5. The molecule has 1 heterocycles. The van der Waals surface area contributed by atoms with Gasteiger partial charge in [-0.05, 0) is 49.3 Å². The maximum absolute atomic E-state index is 13.3. The summed E-state index contributed by atoms with van der Waals surface area (Å²) >= 11 is 0. The smallest absolute Gasteiger partial charge is 0.338 e. The summed E-state index contributed by atoms with van der Waals surface area (Å²) in [6.07, 6.45) is -0.141. The van der Waals surface area contributed by atoms with Crippen molar-refractivity contribution in [2.45, 2.75) is 63.2 Å². The number of nitrogens with zero attached hydrogens (tertiary/aromatic N) is 2. The van der Waals surface area contributed by atoms with Crippen LogP contribution in [0.4, 0.5) is 13.2 Å². The first kappa shape index (κ1) is 20.7. The van der Waals surface area contributed by atoms with Crippen LogP contribution in [0.1, 0.15) is 55.2 Å². The first-order valence-corrected chi connectivity index (χ1v) is 10.4. The average Bonchev–Trinajstić information content (AvgIpc) is 3.51. The normalized spacial score (nSPS) is 25.1. The fourth-order valence-corrected chi connectivity index (χ4v) is 4.76. The molecule has 2 amide bonds. The van der Waals surface area contributed by atoms with Crippen molar-refractivity contribution in [2.75, 3.05) is 6.54 Å². The molecule has 1 aromatic carbocycles. The van der Waals surface area contributed by atoms with Gasteiger partial charge >= 0.3 is 6.18 Å². The van der Waals surface area contributed by atoms with Gasteiger partial charge in [-0.15, -0.1) is 0 Å². The average molecular weight is 419 g/mol. The Labute approximate surface area is 173 Å². The number of carbonyl (C=O) groups is 2. The fourth-order valence-electron chi connectivity index (χ4n) is 4.76. The topological polar surface area (TPSA) is 73.2 Å². The van der Waals surface area contributed by atoms with Crippen molar-refractivity contribution >= 4 is 11.8 Å². The number of amides is 2. The number of hydrogen-bond acceptors (Lipinski definition) is 3. The van der Waals surface area contributed by atoms with Crippen molar-refractivity contribution in [3.63, 3.8) is 0 Å².